The molecule has 0 aromatic rings. The Labute approximate surface area is 87.0 Å². The van der Waals surface area contributed by atoms with E-state index >= 15 is 0 Å². The van der Waals surface area contributed by atoms with Crippen molar-refractivity contribution < 1.29 is 0 Å². The van der Waals surface area contributed by atoms with Gasteiger partial charge in [0.2, 0.25) is 0 Å². The van der Waals surface area contributed by atoms with Crippen LogP contribution >= 0.6 is 0 Å². The minimum absolute atomic E-state index is 0.891. The molecule has 2 heteroatoms. The Morgan fingerprint density at radius 2 is 1.79 bits per heavy atom. The highest BCUT2D eigenvalue weighted by Gasteiger charge is 2.38. The van der Waals surface area contributed by atoms with Gasteiger partial charge in [0, 0.05) is 31.7 Å². The van der Waals surface area contributed by atoms with Crippen LogP contribution in [-0.2, 0) is 0 Å². The lowest BCUT2D eigenvalue weighted by molar-refractivity contribution is 0.0104. The van der Waals surface area contributed by atoms with Crippen molar-refractivity contribution in [2.75, 3.05) is 19.6 Å². The van der Waals surface area contributed by atoms with Crippen molar-refractivity contribution in [3.63, 3.8) is 0 Å². The summed E-state index contributed by atoms with van der Waals surface area (Å²) in [5.74, 6) is 1.03. The van der Waals surface area contributed by atoms with E-state index in [1.807, 2.05) is 0 Å². The van der Waals surface area contributed by atoms with Crippen LogP contribution in [0.4, 0.5) is 0 Å². The molecule has 2 saturated carbocycles. The minimum atomic E-state index is 0.891. The summed E-state index contributed by atoms with van der Waals surface area (Å²) < 4.78 is 0. The molecule has 1 N–H and O–H groups in total. The molecule has 1 aliphatic heterocycles. The third-order valence-corrected chi connectivity index (χ3v) is 4.56. The van der Waals surface area contributed by atoms with E-state index < -0.39 is 0 Å². The Morgan fingerprint density at radius 1 is 1.00 bits per heavy atom. The second-order valence-corrected chi connectivity index (χ2v) is 5.29. The first-order chi connectivity index (χ1) is 6.95. The molecular weight excluding hydrogens is 172 g/mol. The fourth-order valence-corrected chi connectivity index (χ4v) is 3.17. The van der Waals surface area contributed by atoms with Crippen molar-refractivity contribution in [1.29, 1.82) is 0 Å². The standard InChI is InChI=1S/C12H22N2/c1-3-10(4-1)12-9-13-7-8-14(12)11-5-2-6-11/h10-13H,1-9H2. The maximum Gasteiger partial charge on any atom is 0.0252 e. The lowest BCUT2D eigenvalue weighted by atomic mass is 9.76. The van der Waals surface area contributed by atoms with Crippen LogP contribution in [0.25, 0.3) is 0 Å². The highest BCUT2D eigenvalue weighted by atomic mass is 15.3. The molecule has 0 bridgehead atoms. The molecule has 1 heterocycles. The third-order valence-electron chi connectivity index (χ3n) is 4.56. The summed E-state index contributed by atoms with van der Waals surface area (Å²) in [6.45, 7) is 3.80. The molecule has 3 rings (SSSR count). The van der Waals surface area contributed by atoms with Gasteiger partial charge in [-0.15, -0.1) is 0 Å². The topological polar surface area (TPSA) is 15.3 Å². The first kappa shape index (κ1) is 9.17. The van der Waals surface area contributed by atoms with Gasteiger partial charge in [0.15, 0.2) is 0 Å². The van der Waals surface area contributed by atoms with Crippen LogP contribution in [0.5, 0.6) is 0 Å². The summed E-state index contributed by atoms with van der Waals surface area (Å²) >= 11 is 0. The smallest absolute Gasteiger partial charge is 0.0252 e. The summed E-state index contributed by atoms with van der Waals surface area (Å²) in [6.07, 6.45) is 8.91. The number of nitrogens with zero attached hydrogens (tertiary/aromatic N) is 1. The Kier molecular flexibility index (Phi) is 2.50. The quantitative estimate of drug-likeness (QED) is 0.718. The average Bonchev–Trinajstić information content (AvgIpc) is 2.01. The van der Waals surface area contributed by atoms with Gasteiger partial charge in [0.05, 0.1) is 0 Å². The van der Waals surface area contributed by atoms with Crippen LogP contribution in [0.3, 0.4) is 0 Å². The van der Waals surface area contributed by atoms with E-state index in [1.165, 1.54) is 58.2 Å². The zero-order valence-electron chi connectivity index (χ0n) is 9.04. The van der Waals surface area contributed by atoms with Crippen LogP contribution < -0.4 is 5.32 Å². The van der Waals surface area contributed by atoms with Crippen LogP contribution in [-0.4, -0.2) is 36.6 Å². The SMILES string of the molecule is C1CC(C2CNCCN2C2CCC2)C1. The average molecular weight is 194 g/mol. The van der Waals surface area contributed by atoms with E-state index in [4.69, 9.17) is 0 Å². The second kappa shape index (κ2) is 3.82. The summed E-state index contributed by atoms with van der Waals surface area (Å²) in [7, 11) is 0. The predicted octanol–water partition coefficient (Wildman–Crippen LogP) is 1.61. The van der Waals surface area contributed by atoms with E-state index in [0.29, 0.717) is 0 Å². The zero-order chi connectivity index (χ0) is 9.38. The number of piperazine rings is 1. The van der Waals surface area contributed by atoms with Crippen LogP contribution in [0, 0.1) is 5.92 Å². The van der Waals surface area contributed by atoms with Gasteiger partial charge in [-0.2, -0.15) is 0 Å². The molecule has 0 aromatic heterocycles. The van der Waals surface area contributed by atoms with Gasteiger partial charge in [-0.25, -0.2) is 0 Å². The fourth-order valence-electron chi connectivity index (χ4n) is 3.17. The molecule has 0 amide bonds. The fraction of sp³-hybridized carbons (Fsp3) is 1.00. The Bertz CT molecular complexity index is 174. The zero-order valence-corrected chi connectivity index (χ0v) is 9.04. The minimum Gasteiger partial charge on any atom is -0.314 e. The molecule has 1 unspecified atom stereocenters. The monoisotopic (exact) mass is 194 g/mol. The summed E-state index contributed by atoms with van der Waals surface area (Å²) in [4.78, 5) is 2.84. The number of nitrogens with one attached hydrogen (secondary N) is 1. The first-order valence-electron chi connectivity index (χ1n) is 6.41. The van der Waals surface area contributed by atoms with Gasteiger partial charge >= 0.3 is 0 Å². The molecule has 0 aromatic carbocycles. The van der Waals surface area contributed by atoms with E-state index in [-0.39, 0.29) is 0 Å². The van der Waals surface area contributed by atoms with Gasteiger partial charge in [-0.3, -0.25) is 4.90 Å². The van der Waals surface area contributed by atoms with Crippen molar-refractivity contribution in [2.24, 2.45) is 5.92 Å². The molecule has 2 aliphatic carbocycles. The van der Waals surface area contributed by atoms with Gasteiger partial charge < -0.3 is 5.32 Å². The van der Waals surface area contributed by atoms with E-state index in [1.54, 1.807) is 0 Å². The summed E-state index contributed by atoms with van der Waals surface area (Å²) in [5, 5.41) is 3.58. The van der Waals surface area contributed by atoms with E-state index in [0.717, 1.165) is 18.0 Å². The van der Waals surface area contributed by atoms with Crippen LogP contribution in [0.2, 0.25) is 0 Å². The van der Waals surface area contributed by atoms with Crippen LogP contribution in [0.15, 0.2) is 0 Å². The highest BCUT2D eigenvalue weighted by molar-refractivity contribution is 4.94. The van der Waals surface area contributed by atoms with Gasteiger partial charge in [0.25, 0.3) is 0 Å². The Morgan fingerprint density at radius 3 is 2.36 bits per heavy atom. The molecule has 1 atom stereocenters. The van der Waals surface area contributed by atoms with Crippen molar-refractivity contribution in [1.82, 2.24) is 10.2 Å². The molecule has 80 valence electrons. The summed E-state index contributed by atoms with van der Waals surface area (Å²) in [6, 6.07) is 1.85. The number of hydrogen-bond donors (Lipinski definition) is 1. The van der Waals surface area contributed by atoms with Crippen molar-refractivity contribution in [2.45, 2.75) is 50.6 Å². The Hall–Kier alpha value is -0.0800. The molecule has 3 aliphatic rings. The van der Waals surface area contributed by atoms with Crippen LogP contribution in [0.1, 0.15) is 38.5 Å². The van der Waals surface area contributed by atoms with E-state index in [9.17, 15) is 0 Å². The normalized spacial score (nSPS) is 36.4. The first-order valence-corrected chi connectivity index (χ1v) is 6.41. The maximum absolute atomic E-state index is 3.58. The number of hydrogen-bond acceptors (Lipinski definition) is 2. The molecule has 0 radical (unpaired) electrons. The van der Waals surface area contributed by atoms with Gasteiger partial charge in [0.1, 0.15) is 0 Å². The lowest BCUT2D eigenvalue weighted by Crippen LogP contribution is -2.60. The predicted molar refractivity (Wildman–Crippen MR) is 58.3 cm³/mol. The van der Waals surface area contributed by atoms with E-state index in [2.05, 4.69) is 10.2 Å². The molecule has 0 spiro atoms. The van der Waals surface area contributed by atoms with Crippen molar-refractivity contribution >= 4 is 0 Å². The van der Waals surface area contributed by atoms with Crippen molar-refractivity contribution in [3.8, 4) is 0 Å². The largest absolute Gasteiger partial charge is 0.314 e. The van der Waals surface area contributed by atoms with Crippen molar-refractivity contribution in [3.05, 3.63) is 0 Å². The van der Waals surface area contributed by atoms with Gasteiger partial charge in [-0.05, 0) is 31.6 Å². The number of rotatable bonds is 2. The van der Waals surface area contributed by atoms with Gasteiger partial charge in [-0.1, -0.05) is 12.8 Å². The maximum atomic E-state index is 3.58. The Balaban J connectivity index is 1.64. The molecule has 1 saturated heterocycles. The highest BCUT2D eigenvalue weighted by Crippen LogP contribution is 2.36. The molecular formula is C12H22N2. The third kappa shape index (κ3) is 1.49. The molecule has 3 fully saturated rings. The second-order valence-electron chi connectivity index (χ2n) is 5.29. The lowest BCUT2D eigenvalue weighted by Gasteiger charge is -2.50. The molecule has 2 nitrogen and oxygen atoms in total. The summed E-state index contributed by atoms with van der Waals surface area (Å²) in [5.41, 5.74) is 0. The molecule has 14 heavy (non-hydrogen) atoms.